The number of esters is 1. The summed E-state index contributed by atoms with van der Waals surface area (Å²) in [7, 11) is -4.01. The van der Waals surface area contributed by atoms with Crippen molar-refractivity contribution in [1.82, 2.24) is 0 Å². The van der Waals surface area contributed by atoms with Crippen LogP contribution < -0.4 is 0 Å². The Bertz CT molecular complexity index is 468. The lowest BCUT2D eigenvalue weighted by atomic mass is 10.2. The summed E-state index contributed by atoms with van der Waals surface area (Å²) in [6.07, 6.45) is 0.305. The molecular formula is C19H38O8Si. The molecule has 0 radical (unpaired) electrons. The van der Waals surface area contributed by atoms with Crippen molar-refractivity contribution in [3.05, 3.63) is 12.2 Å². The van der Waals surface area contributed by atoms with Gasteiger partial charge >= 0.3 is 14.8 Å². The molecule has 0 aromatic rings. The van der Waals surface area contributed by atoms with Gasteiger partial charge in [0.05, 0.1) is 16.8 Å². The third kappa shape index (κ3) is 11.3. The van der Waals surface area contributed by atoms with Gasteiger partial charge in [0.25, 0.3) is 0 Å². The number of carbonyl (C=O) groups is 1. The van der Waals surface area contributed by atoms with Crippen molar-refractivity contribution in [2.24, 2.45) is 0 Å². The first kappa shape index (κ1) is 27.2. The van der Waals surface area contributed by atoms with Gasteiger partial charge in [-0.2, -0.15) is 0 Å². The minimum atomic E-state index is -4.01. The largest absolute Gasteiger partial charge is 0.627 e. The van der Waals surface area contributed by atoms with Crippen LogP contribution in [0.4, 0.5) is 0 Å². The summed E-state index contributed by atoms with van der Waals surface area (Å²) in [6.45, 7) is 23.1. The number of ether oxygens (including phenoxy) is 1. The maximum absolute atomic E-state index is 12.2. The second-order valence-electron chi connectivity index (χ2n) is 9.52. The topological polar surface area (TPSA) is 81.7 Å². The highest BCUT2D eigenvalue weighted by Gasteiger charge is 2.59. The summed E-state index contributed by atoms with van der Waals surface area (Å²) in [6, 6.07) is 0. The molecule has 0 amide bonds. The summed E-state index contributed by atoms with van der Waals surface area (Å²) in [4.78, 5) is 28.6. The molecule has 1 unspecified atom stereocenters. The van der Waals surface area contributed by atoms with Crippen molar-refractivity contribution < 1.29 is 37.9 Å². The molecule has 0 bridgehead atoms. The summed E-state index contributed by atoms with van der Waals surface area (Å²) < 4.78 is 22.5. The van der Waals surface area contributed by atoms with Crippen LogP contribution in [-0.4, -0.2) is 37.3 Å². The first-order chi connectivity index (χ1) is 12.4. The Hall–Kier alpha value is -0.813. The molecule has 0 N–H and O–H groups in total. The van der Waals surface area contributed by atoms with Crippen molar-refractivity contribution in [2.75, 3.05) is 0 Å². The molecule has 0 spiro atoms. The van der Waals surface area contributed by atoms with Crippen LogP contribution in [0, 0.1) is 0 Å². The molecule has 166 valence electrons. The quantitative estimate of drug-likeness (QED) is 0.166. The van der Waals surface area contributed by atoms with E-state index < -0.39 is 37.3 Å². The van der Waals surface area contributed by atoms with E-state index >= 15 is 0 Å². The van der Waals surface area contributed by atoms with Crippen LogP contribution in [0.3, 0.4) is 0 Å². The van der Waals surface area contributed by atoms with E-state index in [0.29, 0.717) is 6.42 Å². The first-order valence-electron chi connectivity index (χ1n) is 9.38. The van der Waals surface area contributed by atoms with E-state index in [9.17, 15) is 4.79 Å². The highest BCUT2D eigenvalue weighted by Crippen LogP contribution is 2.28. The number of carbonyl (C=O) groups excluding carboxylic acids is 1. The molecule has 28 heavy (non-hydrogen) atoms. The van der Waals surface area contributed by atoms with Gasteiger partial charge in [0.15, 0.2) is 5.73 Å². The van der Waals surface area contributed by atoms with E-state index in [1.807, 2.05) is 0 Å². The van der Waals surface area contributed by atoms with Crippen molar-refractivity contribution in [2.45, 2.75) is 105 Å². The Morgan fingerprint density at radius 3 is 1.36 bits per heavy atom. The highest BCUT2D eigenvalue weighted by atomic mass is 28.4. The minimum Gasteiger partial charge on any atom is -0.454 e. The lowest BCUT2D eigenvalue weighted by Crippen LogP contribution is -2.60. The number of hydrogen-bond acceptors (Lipinski definition) is 8. The standard InChI is InChI=1S/C19H38O8Si/c1-13-15(21-16(20)14(2)3)28(25-22-17(4,5)6,26-23-18(7,8)9)27-24-19(10,11)12/h15H,2,13H2,1,3-12H3. The smallest absolute Gasteiger partial charge is 0.454 e. The van der Waals surface area contributed by atoms with Crippen molar-refractivity contribution in [3.63, 3.8) is 0 Å². The monoisotopic (exact) mass is 422 g/mol. The molecule has 0 aromatic carbocycles. The van der Waals surface area contributed by atoms with Gasteiger partial charge in [-0.3, -0.25) is 0 Å². The molecule has 0 aliphatic carbocycles. The van der Waals surface area contributed by atoms with Crippen molar-refractivity contribution in [3.8, 4) is 0 Å². The fraction of sp³-hybridized carbons (Fsp3) is 0.842. The van der Waals surface area contributed by atoms with Gasteiger partial charge in [-0.15, -0.1) is 0 Å². The minimum absolute atomic E-state index is 0.228. The average molecular weight is 423 g/mol. The Labute approximate surface area is 170 Å². The molecule has 8 nitrogen and oxygen atoms in total. The molecule has 1 atom stereocenters. The van der Waals surface area contributed by atoms with Crippen LogP contribution in [0.15, 0.2) is 12.2 Å². The predicted octanol–water partition coefficient (Wildman–Crippen LogP) is 4.60. The normalized spacial score (nSPS) is 14.7. The molecule has 0 saturated carbocycles. The van der Waals surface area contributed by atoms with E-state index in [2.05, 4.69) is 6.58 Å². The van der Waals surface area contributed by atoms with Gasteiger partial charge in [-0.1, -0.05) is 13.5 Å². The van der Waals surface area contributed by atoms with Crippen LogP contribution in [0.25, 0.3) is 0 Å². The van der Waals surface area contributed by atoms with E-state index in [4.69, 9.17) is 33.1 Å². The van der Waals surface area contributed by atoms with Gasteiger partial charge < -0.3 is 4.74 Å². The van der Waals surface area contributed by atoms with Crippen LogP contribution in [0.2, 0.25) is 0 Å². The fourth-order valence-corrected chi connectivity index (χ4v) is 3.64. The third-order valence-corrected chi connectivity index (χ3v) is 4.85. The van der Waals surface area contributed by atoms with Crippen LogP contribution in [-0.2, 0) is 37.9 Å². The Morgan fingerprint density at radius 2 is 1.14 bits per heavy atom. The highest BCUT2D eigenvalue weighted by molar-refractivity contribution is 6.61. The first-order valence-corrected chi connectivity index (χ1v) is 11.2. The van der Waals surface area contributed by atoms with E-state index in [-0.39, 0.29) is 5.57 Å². The SMILES string of the molecule is C=C(C)C(=O)OC(CC)[Si](OOC(C)(C)C)(OOC(C)(C)C)OOC(C)(C)C. The third-order valence-electron chi connectivity index (χ3n) is 2.59. The second-order valence-corrected chi connectivity index (χ2v) is 11.9. The van der Waals surface area contributed by atoms with Gasteiger partial charge in [-0.05, 0) is 75.7 Å². The van der Waals surface area contributed by atoms with Gasteiger partial charge in [0.1, 0.15) is 0 Å². The lowest BCUT2D eigenvalue weighted by molar-refractivity contribution is -0.415. The predicted molar refractivity (Wildman–Crippen MR) is 107 cm³/mol. The zero-order valence-corrected chi connectivity index (χ0v) is 20.3. The maximum atomic E-state index is 12.2. The van der Waals surface area contributed by atoms with Crippen LogP contribution in [0.1, 0.15) is 82.6 Å². The molecule has 0 saturated heterocycles. The summed E-state index contributed by atoms with van der Waals surface area (Å²) in [5.74, 6) is -0.609. The summed E-state index contributed by atoms with van der Waals surface area (Å²) in [5, 5.41) is 0. The van der Waals surface area contributed by atoms with E-state index in [1.165, 1.54) is 0 Å². The molecule has 9 heteroatoms. The maximum Gasteiger partial charge on any atom is 0.627 e. The Balaban J connectivity index is 5.98. The molecule has 0 aliphatic heterocycles. The molecule has 0 rings (SSSR count). The average Bonchev–Trinajstić information content (AvgIpc) is 2.49. The van der Waals surface area contributed by atoms with Crippen LogP contribution in [0.5, 0.6) is 0 Å². The van der Waals surface area contributed by atoms with E-state index in [0.717, 1.165) is 0 Å². The zero-order valence-electron chi connectivity index (χ0n) is 19.3. The molecular weight excluding hydrogens is 384 g/mol. The molecule has 0 aliphatic rings. The van der Waals surface area contributed by atoms with Gasteiger partial charge in [0.2, 0.25) is 0 Å². The summed E-state index contributed by atoms with van der Waals surface area (Å²) >= 11 is 0. The zero-order chi connectivity index (χ0) is 22.4. The van der Waals surface area contributed by atoms with Gasteiger partial charge in [0, 0.05) is 5.57 Å². The molecule has 0 heterocycles. The lowest BCUT2D eigenvalue weighted by Gasteiger charge is -2.36. The number of rotatable bonds is 10. The van der Waals surface area contributed by atoms with E-state index in [1.54, 1.807) is 76.2 Å². The van der Waals surface area contributed by atoms with Crippen molar-refractivity contribution in [1.29, 1.82) is 0 Å². The number of hydrogen-bond donors (Lipinski definition) is 0. The fourth-order valence-electron chi connectivity index (χ4n) is 1.39. The molecule has 0 aromatic heterocycles. The Kier molecular flexibility index (Phi) is 9.99. The Morgan fingerprint density at radius 1 is 0.821 bits per heavy atom. The van der Waals surface area contributed by atoms with Gasteiger partial charge in [-0.25, -0.2) is 33.2 Å². The molecule has 0 fully saturated rings. The summed E-state index contributed by atoms with van der Waals surface area (Å²) in [5.41, 5.74) is -2.79. The van der Waals surface area contributed by atoms with Crippen molar-refractivity contribution >= 4 is 14.8 Å². The van der Waals surface area contributed by atoms with Crippen LogP contribution >= 0.6 is 0 Å². The second kappa shape index (κ2) is 10.3.